The van der Waals surface area contributed by atoms with Gasteiger partial charge in [0.1, 0.15) is 0 Å². The molecule has 1 aliphatic heterocycles. The van der Waals surface area contributed by atoms with E-state index in [-0.39, 0.29) is 26.9 Å². The van der Waals surface area contributed by atoms with E-state index in [9.17, 15) is 19.7 Å². The van der Waals surface area contributed by atoms with E-state index >= 15 is 0 Å². The Balaban J connectivity index is 2.60. The smallest absolute Gasteiger partial charge is 0.272 e. The molecular weight excluding hydrogens is 283 g/mol. The highest BCUT2D eigenvalue weighted by Gasteiger charge is 2.27. The zero-order valence-corrected chi connectivity index (χ0v) is 10.1. The Hall–Kier alpha value is -1.92. The zero-order chi connectivity index (χ0) is 13.4. The van der Waals surface area contributed by atoms with Crippen molar-refractivity contribution in [3.8, 4) is 0 Å². The first kappa shape index (κ1) is 12.5. The zero-order valence-electron chi connectivity index (χ0n) is 8.57. The highest BCUT2D eigenvalue weighted by atomic mass is 35.5. The third-order valence-corrected chi connectivity index (χ3v) is 2.86. The van der Waals surface area contributed by atoms with Crippen LogP contribution in [0.15, 0.2) is 18.2 Å². The number of imide groups is 1. The van der Waals surface area contributed by atoms with Gasteiger partial charge in [0.05, 0.1) is 20.5 Å². The molecule has 0 bridgehead atoms. The number of carbonyl (C=O) groups is 2. The van der Waals surface area contributed by atoms with Crippen LogP contribution < -0.4 is 5.32 Å². The molecule has 1 heterocycles. The number of nitrogens with zero attached hydrogens (tertiary/aromatic N) is 1. The van der Waals surface area contributed by atoms with Gasteiger partial charge in [-0.15, -0.1) is 0 Å². The van der Waals surface area contributed by atoms with Crippen LogP contribution in [0.2, 0.25) is 10.0 Å². The Labute approximate surface area is 110 Å². The van der Waals surface area contributed by atoms with Gasteiger partial charge in [-0.3, -0.25) is 25.0 Å². The number of benzene rings is 1. The van der Waals surface area contributed by atoms with Crippen molar-refractivity contribution < 1.29 is 14.5 Å². The summed E-state index contributed by atoms with van der Waals surface area (Å²) in [4.78, 5) is 32.4. The first-order chi connectivity index (χ1) is 8.40. The second kappa shape index (κ2) is 4.40. The molecule has 18 heavy (non-hydrogen) atoms. The predicted molar refractivity (Wildman–Crippen MR) is 64.2 cm³/mol. The molecule has 2 amide bonds. The van der Waals surface area contributed by atoms with Gasteiger partial charge in [0.15, 0.2) is 0 Å². The molecule has 1 aromatic rings. The normalized spacial score (nSPS) is 14.4. The van der Waals surface area contributed by atoms with Gasteiger partial charge in [-0.05, 0) is 0 Å². The van der Waals surface area contributed by atoms with Crippen LogP contribution in [0.4, 0.5) is 5.69 Å². The fraction of sp³-hybridized carbons (Fsp3) is 0. The molecule has 92 valence electrons. The number of halogens is 2. The SMILES string of the molecule is O=C1C=C(c2c(Cl)cc([N+](=O)[O-])cc2Cl)C(=O)N1. The van der Waals surface area contributed by atoms with Crippen LogP contribution in [-0.2, 0) is 9.59 Å². The van der Waals surface area contributed by atoms with Crippen LogP contribution in [0.25, 0.3) is 5.57 Å². The quantitative estimate of drug-likeness (QED) is 0.511. The molecule has 0 aliphatic carbocycles. The molecule has 0 unspecified atom stereocenters. The van der Waals surface area contributed by atoms with Crippen LogP contribution in [0.5, 0.6) is 0 Å². The Morgan fingerprint density at radius 2 is 1.72 bits per heavy atom. The van der Waals surface area contributed by atoms with Gasteiger partial charge in [-0.25, -0.2) is 0 Å². The molecule has 1 aromatic carbocycles. The molecule has 0 saturated heterocycles. The van der Waals surface area contributed by atoms with E-state index in [0.29, 0.717) is 0 Å². The van der Waals surface area contributed by atoms with Gasteiger partial charge in [0.25, 0.3) is 17.5 Å². The van der Waals surface area contributed by atoms with Gasteiger partial charge in [-0.2, -0.15) is 0 Å². The lowest BCUT2D eigenvalue weighted by Crippen LogP contribution is -2.21. The Kier molecular flexibility index (Phi) is 3.06. The van der Waals surface area contributed by atoms with Crippen molar-refractivity contribution in [3.63, 3.8) is 0 Å². The number of amides is 2. The molecule has 0 fully saturated rings. The lowest BCUT2D eigenvalue weighted by Gasteiger charge is -2.06. The molecule has 2 rings (SSSR count). The molecule has 8 heteroatoms. The van der Waals surface area contributed by atoms with E-state index in [1.165, 1.54) is 0 Å². The van der Waals surface area contributed by atoms with Crippen molar-refractivity contribution in [2.24, 2.45) is 0 Å². The first-order valence-electron chi connectivity index (χ1n) is 4.61. The number of hydrogen-bond donors (Lipinski definition) is 1. The lowest BCUT2D eigenvalue weighted by molar-refractivity contribution is -0.384. The van der Waals surface area contributed by atoms with Crippen molar-refractivity contribution in [3.05, 3.63) is 43.9 Å². The number of nitro groups is 1. The first-order valence-corrected chi connectivity index (χ1v) is 5.36. The summed E-state index contributed by atoms with van der Waals surface area (Å²) in [5.41, 5.74) is -0.198. The fourth-order valence-corrected chi connectivity index (χ4v) is 2.20. The van der Waals surface area contributed by atoms with E-state index in [2.05, 4.69) is 0 Å². The summed E-state index contributed by atoms with van der Waals surface area (Å²) < 4.78 is 0. The standard InChI is InChI=1S/C10H4Cl2N2O4/c11-6-1-4(14(17)18)2-7(12)9(6)5-3-8(15)13-10(5)16/h1-3H,(H,13,15,16). The van der Waals surface area contributed by atoms with Crippen molar-refractivity contribution in [2.75, 3.05) is 0 Å². The van der Waals surface area contributed by atoms with Crippen LogP contribution in [0.1, 0.15) is 5.56 Å². The monoisotopic (exact) mass is 286 g/mol. The van der Waals surface area contributed by atoms with Gasteiger partial charge < -0.3 is 0 Å². The number of non-ortho nitro benzene ring substituents is 1. The lowest BCUT2D eigenvalue weighted by atomic mass is 10.1. The summed E-state index contributed by atoms with van der Waals surface area (Å²) in [6.45, 7) is 0. The van der Waals surface area contributed by atoms with Crippen molar-refractivity contribution in [1.29, 1.82) is 0 Å². The average molecular weight is 287 g/mol. The molecule has 1 aliphatic rings. The van der Waals surface area contributed by atoms with E-state index in [4.69, 9.17) is 23.2 Å². The van der Waals surface area contributed by atoms with Gasteiger partial charge >= 0.3 is 0 Å². The van der Waals surface area contributed by atoms with E-state index < -0.39 is 16.7 Å². The number of nitrogens with one attached hydrogen (secondary N) is 1. The third kappa shape index (κ3) is 2.07. The average Bonchev–Trinajstić information content (AvgIpc) is 2.56. The van der Waals surface area contributed by atoms with Crippen LogP contribution in [-0.4, -0.2) is 16.7 Å². The molecule has 0 spiro atoms. The molecular formula is C10H4Cl2N2O4. The number of nitro benzene ring substituents is 1. The summed E-state index contributed by atoms with van der Waals surface area (Å²) in [7, 11) is 0. The summed E-state index contributed by atoms with van der Waals surface area (Å²) in [6, 6.07) is 2.14. The van der Waals surface area contributed by atoms with E-state index in [1.807, 2.05) is 5.32 Å². The molecule has 0 radical (unpaired) electrons. The Morgan fingerprint density at radius 3 is 2.11 bits per heavy atom. The molecule has 6 nitrogen and oxygen atoms in total. The van der Waals surface area contributed by atoms with Crippen LogP contribution in [0, 0.1) is 10.1 Å². The minimum atomic E-state index is -0.657. The van der Waals surface area contributed by atoms with E-state index in [0.717, 1.165) is 18.2 Å². The van der Waals surface area contributed by atoms with Gasteiger partial charge in [0.2, 0.25) is 0 Å². The van der Waals surface area contributed by atoms with Gasteiger partial charge in [0, 0.05) is 23.8 Å². The second-order valence-electron chi connectivity index (χ2n) is 3.42. The van der Waals surface area contributed by atoms with Crippen LogP contribution >= 0.6 is 23.2 Å². The maximum atomic E-state index is 11.5. The maximum absolute atomic E-state index is 11.5. The van der Waals surface area contributed by atoms with Crippen molar-refractivity contribution >= 4 is 46.3 Å². The molecule has 0 aromatic heterocycles. The summed E-state index contributed by atoms with van der Waals surface area (Å²) in [6.07, 6.45) is 1.04. The Morgan fingerprint density at radius 1 is 1.17 bits per heavy atom. The number of hydrogen-bond acceptors (Lipinski definition) is 4. The number of rotatable bonds is 2. The topological polar surface area (TPSA) is 89.3 Å². The minimum Gasteiger partial charge on any atom is -0.289 e. The third-order valence-electron chi connectivity index (χ3n) is 2.26. The van der Waals surface area contributed by atoms with E-state index in [1.54, 1.807) is 0 Å². The number of carbonyl (C=O) groups excluding carboxylic acids is 2. The highest BCUT2D eigenvalue weighted by molar-refractivity contribution is 6.43. The molecule has 0 saturated carbocycles. The largest absolute Gasteiger partial charge is 0.289 e. The molecule has 0 atom stereocenters. The summed E-state index contributed by atoms with van der Waals surface area (Å²) in [5, 5.41) is 12.5. The van der Waals surface area contributed by atoms with Crippen molar-refractivity contribution in [2.45, 2.75) is 0 Å². The minimum absolute atomic E-state index is 0.00935. The van der Waals surface area contributed by atoms with Crippen LogP contribution in [0.3, 0.4) is 0 Å². The summed E-state index contributed by atoms with van der Waals surface area (Å²) >= 11 is 11.7. The van der Waals surface area contributed by atoms with Crippen molar-refractivity contribution in [1.82, 2.24) is 5.32 Å². The Bertz CT molecular complexity index is 601. The summed E-state index contributed by atoms with van der Waals surface area (Å²) in [5.74, 6) is -1.22. The maximum Gasteiger partial charge on any atom is 0.272 e. The highest BCUT2D eigenvalue weighted by Crippen LogP contribution is 2.36. The van der Waals surface area contributed by atoms with Gasteiger partial charge in [-0.1, -0.05) is 23.2 Å². The fourth-order valence-electron chi connectivity index (χ4n) is 1.52. The predicted octanol–water partition coefficient (Wildman–Crippen LogP) is 1.94. The second-order valence-corrected chi connectivity index (χ2v) is 4.23. The molecule has 1 N–H and O–H groups in total.